The predicted octanol–water partition coefficient (Wildman–Crippen LogP) is 3.60. The Labute approximate surface area is 373 Å². The summed E-state index contributed by atoms with van der Waals surface area (Å²) < 4.78 is 15.9. The van der Waals surface area contributed by atoms with Gasteiger partial charge >= 0.3 is 0 Å². The van der Waals surface area contributed by atoms with Crippen molar-refractivity contribution < 1.29 is 43.0 Å². The number of hydrogen-bond acceptors (Lipinski definition) is 10. The molecule has 0 atom stereocenters. The molecule has 0 aliphatic carbocycles. The highest BCUT2D eigenvalue weighted by atomic mass is 16.5. The van der Waals surface area contributed by atoms with Gasteiger partial charge in [-0.05, 0) is 30.5 Å². The number of amides is 5. The number of Topliss-reactive ketones (excluding diaryl/α,β-unsaturated/α-hetero) is 1. The van der Waals surface area contributed by atoms with E-state index >= 15 is 0 Å². The van der Waals surface area contributed by atoms with E-state index in [9.17, 15) is 28.8 Å². The van der Waals surface area contributed by atoms with Gasteiger partial charge in [0.15, 0.2) is 5.78 Å². The lowest BCUT2D eigenvalue weighted by molar-refractivity contribution is -0.148. The van der Waals surface area contributed by atoms with Gasteiger partial charge in [0.25, 0.3) is 0 Å². The first-order valence-electron chi connectivity index (χ1n) is 21.5. The molecule has 0 saturated heterocycles. The van der Waals surface area contributed by atoms with Gasteiger partial charge in [-0.1, -0.05) is 105 Å². The van der Waals surface area contributed by atoms with Crippen LogP contribution in [-0.2, 0) is 62.6 Å². The number of benzene rings is 3. The molecule has 3 rings (SSSR count). The highest BCUT2D eigenvalue weighted by Gasteiger charge is 2.30. The Morgan fingerprint density at radius 2 is 0.714 bits per heavy atom. The summed E-state index contributed by atoms with van der Waals surface area (Å²) >= 11 is 0. The fourth-order valence-electron chi connectivity index (χ4n) is 6.52. The molecule has 63 heavy (non-hydrogen) atoms. The molecule has 0 fully saturated rings. The topological polar surface area (TPSA) is 150 Å². The van der Waals surface area contributed by atoms with Crippen LogP contribution >= 0.6 is 0 Å². The second-order valence-electron chi connectivity index (χ2n) is 16.0. The minimum absolute atomic E-state index is 0.0396. The normalized spacial score (nSPS) is 11.1. The average Bonchev–Trinajstić information content (AvgIpc) is 3.27. The van der Waals surface area contributed by atoms with Crippen molar-refractivity contribution in [3.63, 3.8) is 0 Å². The zero-order valence-electron chi connectivity index (χ0n) is 38.3. The van der Waals surface area contributed by atoms with Gasteiger partial charge in [0.1, 0.15) is 13.1 Å². The van der Waals surface area contributed by atoms with Crippen molar-refractivity contribution >= 4 is 35.3 Å². The molecule has 15 heteroatoms. The van der Waals surface area contributed by atoms with Crippen molar-refractivity contribution in [2.45, 2.75) is 53.4 Å². The lowest BCUT2D eigenvalue weighted by Gasteiger charge is -2.32. The quantitative estimate of drug-likeness (QED) is 0.101. The van der Waals surface area contributed by atoms with Crippen molar-refractivity contribution in [2.24, 2.45) is 5.92 Å². The van der Waals surface area contributed by atoms with Crippen LogP contribution in [0.1, 0.15) is 44.4 Å². The molecule has 15 nitrogen and oxygen atoms in total. The van der Waals surface area contributed by atoms with E-state index in [1.165, 1.54) is 38.7 Å². The van der Waals surface area contributed by atoms with Gasteiger partial charge in [0, 0.05) is 72.6 Å². The van der Waals surface area contributed by atoms with Crippen molar-refractivity contribution in [2.75, 3.05) is 100 Å². The van der Waals surface area contributed by atoms with Gasteiger partial charge in [-0.3, -0.25) is 33.7 Å². The van der Waals surface area contributed by atoms with Crippen LogP contribution in [0.25, 0.3) is 0 Å². The van der Waals surface area contributed by atoms with Crippen LogP contribution < -0.4 is 0 Å². The third-order valence-corrected chi connectivity index (χ3v) is 10.5. The summed E-state index contributed by atoms with van der Waals surface area (Å²) in [5.41, 5.74) is 2.42. The van der Waals surface area contributed by atoms with Crippen molar-refractivity contribution in [3.05, 3.63) is 108 Å². The Morgan fingerprint density at radius 1 is 0.413 bits per heavy atom. The number of ether oxygens (including phenoxy) is 3. The van der Waals surface area contributed by atoms with Gasteiger partial charge in [0.05, 0.1) is 46.0 Å². The fraction of sp³-hybridized carbons (Fsp3) is 0.500. The van der Waals surface area contributed by atoms with Gasteiger partial charge in [-0.15, -0.1) is 0 Å². The first-order chi connectivity index (χ1) is 30.3. The maximum atomic E-state index is 14.4. The highest BCUT2D eigenvalue weighted by molar-refractivity contribution is 5.92. The van der Waals surface area contributed by atoms with E-state index in [2.05, 4.69) is 0 Å². The zero-order valence-corrected chi connectivity index (χ0v) is 38.3. The summed E-state index contributed by atoms with van der Waals surface area (Å²) in [6.45, 7) is 7.69. The molecule has 0 saturated carbocycles. The Bertz CT molecular complexity index is 1850. The molecule has 5 amide bonds. The van der Waals surface area contributed by atoms with E-state index in [4.69, 9.17) is 14.2 Å². The number of carbonyl (C=O) groups is 6. The summed E-state index contributed by atoms with van der Waals surface area (Å²) in [6, 6.07) is 27.9. The zero-order chi connectivity index (χ0) is 46.1. The fourth-order valence-corrected chi connectivity index (χ4v) is 6.52. The highest BCUT2D eigenvalue weighted by Crippen LogP contribution is 2.13. The summed E-state index contributed by atoms with van der Waals surface area (Å²) in [5.74, 6) is -2.61. The number of ketones is 1. The minimum atomic E-state index is -0.519. The van der Waals surface area contributed by atoms with E-state index in [1.54, 1.807) is 21.0 Å². The van der Waals surface area contributed by atoms with Gasteiger partial charge in [-0.25, -0.2) is 0 Å². The predicted molar refractivity (Wildman–Crippen MR) is 241 cm³/mol. The Hall–Kier alpha value is -5.48. The molecule has 3 aromatic rings. The average molecular weight is 873 g/mol. The first kappa shape index (κ1) is 51.9. The molecular formula is C48H68N6O9. The van der Waals surface area contributed by atoms with Crippen LogP contribution in [0, 0.1) is 5.92 Å². The maximum absolute atomic E-state index is 14.4. The monoisotopic (exact) mass is 873 g/mol. The summed E-state index contributed by atoms with van der Waals surface area (Å²) in [4.78, 5) is 92.8. The van der Waals surface area contributed by atoms with Gasteiger partial charge in [0.2, 0.25) is 29.5 Å². The molecule has 0 unspecified atom stereocenters. The first-order valence-corrected chi connectivity index (χ1v) is 21.5. The smallest absolute Gasteiger partial charge is 0.242 e. The van der Waals surface area contributed by atoms with Crippen LogP contribution in [0.15, 0.2) is 91.0 Å². The Morgan fingerprint density at radius 3 is 1.05 bits per heavy atom. The largest absolute Gasteiger partial charge is 0.383 e. The molecule has 0 aliphatic rings. The molecule has 3 aromatic carbocycles. The molecule has 0 radical (unpaired) electrons. The molecule has 0 N–H and O–H groups in total. The SMILES string of the molecule is COCCN(CC(=O)N(CC(=O)C(C)C)Cc1ccccc1)C(=O)CN(Cc1ccccc1)C(=O)CN(CCOC)C(=O)CN(Cc1ccccc1)C(=O)CN(CCOC)C(C)C. The van der Waals surface area contributed by atoms with Gasteiger partial charge in [-0.2, -0.15) is 0 Å². The summed E-state index contributed by atoms with van der Waals surface area (Å²) in [6.07, 6.45) is 0. The molecule has 0 heterocycles. The van der Waals surface area contributed by atoms with Crippen LogP contribution in [0.2, 0.25) is 0 Å². The summed E-state index contributed by atoms with van der Waals surface area (Å²) in [7, 11) is 4.58. The lowest BCUT2D eigenvalue weighted by atomic mass is 10.1. The Kier molecular flexibility index (Phi) is 23.3. The van der Waals surface area contributed by atoms with Crippen LogP contribution in [0.5, 0.6) is 0 Å². The van der Waals surface area contributed by atoms with Gasteiger partial charge < -0.3 is 38.7 Å². The maximum Gasteiger partial charge on any atom is 0.242 e. The Balaban J connectivity index is 1.90. The van der Waals surface area contributed by atoms with Crippen LogP contribution in [0.3, 0.4) is 0 Å². The standard InChI is InChI=1S/C48H68N6O9/c1-38(2)43(55)32-52(29-40-17-11-8-12-18-40)47(59)34-50(24-27-62-6)45(57)37-54(31-42-21-15-10-16-22-42)48(60)35-51(25-28-63-7)44(56)36-53(30-41-19-13-9-14-20-41)46(58)33-49(39(3)4)23-26-61-5/h8-22,38-39H,23-37H2,1-7H3. The third kappa shape index (κ3) is 18.8. The van der Waals surface area contributed by atoms with E-state index in [1.807, 2.05) is 110 Å². The minimum Gasteiger partial charge on any atom is -0.383 e. The van der Waals surface area contributed by atoms with Crippen molar-refractivity contribution in [1.29, 1.82) is 0 Å². The molecule has 0 spiro atoms. The van der Waals surface area contributed by atoms with Crippen LogP contribution in [-0.4, -0.2) is 171 Å². The lowest BCUT2D eigenvalue weighted by Crippen LogP contribution is -2.52. The molecular weight excluding hydrogens is 805 g/mol. The molecule has 0 bridgehead atoms. The molecule has 0 aliphatic heterocycles. The second kappa shape index (κ2) is 28.3. The van der Waals surface area contributed by atoms with E-state index in [0.717, 1.165) is 16.7 Å². The number of rotatable bonds is 29. The van der Waals surface area contributed by atoms with E-state index in [0.29, 0.717) is 13.2 Å². The van der Waals surface area contributed by atoms with Crippen molar-refractivity contribution in [1.82, 2.24) is 29.4 Å². The number of methoxy groups -OCH3 is 3. The number of carbonyl (C=O) groups excluding carboxylic acids is 6. The van der Waals surface area contributed by atoms with E-state index < -0.39 is 36.7 Å². The third-order valence-electron chi connectivity index (χ3n) is 10.5. The van der Waals surface area contributed by atoms with E-state index in [-0.39, 0.29) is 95.8 Å². The van der Waals surface area contributed by atoms with Crippen molar-refractivity contribution in [3.8, 4) is 0 Å². The number of hydrogen-bond donors (Lipinski definition) is 0. The summed E-state index contributed by atoms with van der Waals surface area (Å²) in [5, 5.41) is 0. The molecule has 344 valence electrons. The molecule has 0 aromatic heterocycles. The van der Waals surface area contributed by atoms with Crippen LogP contribution in [0.4, 0.5) is 0 Å². The second-order valence-corrected chi connectivity index (χ2v) is 16.0. The number of nitrogens with zero attached hydrogens (tertiary/aromatic N) is 6.